The molecule has 144 valence electrons. The summed E-state index contributed by atoms with van der Waals surface area (Å²) >= 11 is 0. The SMILES string of the molecule is Cc1[nH][nH]c(=O)c1CC(=O)NCc1cc2n(n1)CCN(C(=O)C1CCC1)C2. The lowest BCUT2D eigenvalue weighted by Gasteiger charge is -2.34. The number of H-pyrrole nitrogens is 2. The molecule has 1 saturated carbocycles. The molecule has 0 spiro atoms. The zero-order chi connectivity index (χ0) is 19.0. The van der Waals surface area contributed by atoms with E-state index in [2.05, 4.69) is 20.6 Å². The summed E-state index contributed by atoms with van der Waals surface area (Å²) in [5.74, 6) is 0.241. The molecule has 4 rings (SSSR count). The molecule has 27 heavy (non-hydrogen) atoms. The topological polar surface area (TPSA) is 116 Å². The van der Waals surface area contributed by atoms with Gasteiger partial charge in [0, 0.05) is 23.7 Å². The molecule has 0 atom stereocenters. The summed E-state index contributed by atoms with van der Waals surface area (Å²) < 4.78 is 1.91. The third-order valence-electron chi connectivity index (χ3n) is 5.51. The maximum Gasteiger partial charge on any atom is 0.267 e. The fourth-order valence-corrected chi connectivity index (χ4v) is 3.61. The molecule has 1 fully saturated rings. The average Bonchev–Trinajstić information content (AvgIpc) is 3.15. The monoisotopic (exact) mass is 372 g/mol. The van der Waals surface area contributed by atoms with Crippen molar-refractivity contribution in [2.45, 2.75) is 52.2 Å². The van der Waals surface area contributed by atoms with Gasteiger partial charge in [-0.2, -0.15) is 5.10 Å². The molecule has 1 aliphatic carbocycles. The maximum absolute atomic E-state index is 12.4. The maximum atomic E-state index is 12.4. The van der Waals surface area contributed by atoms with E-state index >= 15 is 0 Å². The van der Waals surface area contributed by atoms with E-state index in [4.69, 9.17) is 0 Å². The Balaban J connectivity index is 1.33. The van der Waals surface area contributed by atoms with Crippen molar-refractivity contribution in [3.8, 4) is 0 Å². The van der Waals surface area contributed by atoms with E-state index in [0.717, 1.165) is 30.7 Å². The highest BCUT2D eigenvalue weighted by molar-refractivity contribution is 5.79. The van der Waals surface area contributed by atoms with Crippen molar-refractivity contribution >= 4 is 11.8 Å². The second-order valence-corrected chi connectivity index (χ2v) is 7.37. The minimum Gasteiger partial charge on any atom is -0.350 e. The number of hydrogen-bond acceptors (Lipinski definition) is 4. The summed E-state index contributed by atoms with van der Waals surface area (Å²) in [6.07, 6.45) is 3.20. The Labute approximate surface area is 156 Å². The number of aromatic amines is 2. The van der Waals surface area contributed by atoms with Crippen molar-refractivity contribution in [3.05, 3.63) is 39.1 Å². The molecule has 0 radical (unpaired) electrons. The van der Waals surface area contributed by atoms with Crippen molar-refractivity contribution in [2.24, 2.45) is 5.92 Å². The number of hydrogen-bond donors (Lipinski definition) is 3. The lowest BCUT2D eigenvalue weighted by Crippen LogP contribution is -2.43. The summed E-state index contributed by atoms with van der Waals surface area (Å²) in [6.45, 7) is 4.00. The van der Waals surface area contributed by atoms with Crippen LogP contribution in [0.3, 0.4) is 0 Å². The molecule has 2 amide bonds. The number of amides is 2. The number of fused-ring (bicyclic) bond motifs is 1. The third-order valence-corrected chi connectivity index (χ3v) is 5.51. The standard InChI is InChI=1S/C18H24N6O3/c1-11-15(17(26)21-20-11)8-16(25)19-9-13-7-14-10-23(5-6-24(14)22-13)18(27)12-3-2-4-12/h7,12H,2-6,8-10H2,1H3,(H,19,25)(H2,20,21,26). The van der Waals surface area contributed by atoms with Gasteiger partial charge in [0.2, 0.25) is 11.8 Å². The minimum atomic E-state index is -0.267. The van der Waals surface area contributed by atoms with Crippen molar-refractivity contribution in [1.29, 1.82) is 0 Å². The van der Waals surface area contributed by atoms with E-state index in [1.54, 1.807) is 6.92 Å². The Morgan fingerprint density at radius 1 is 1.30 bits per heavy atom. The Morgan fingerprint density at radius 3 is 2.78 bits per heavy atom. The highest BCUT2D eigenvalue weighted by atomic mass is 16.2. The van der Waals surface area contributed by atoms with E-state index in [1.807, 2.05) is 15.6 Å². The Morgan fingerprint density at radius 2 is 2.11 bits per heavy atom. The van der Waals surface area contributed by atoms with Gasteiger partial charge in [-0.25, -0.2) is 0 Å². The normalized spacial score (nSPS) is 16.7. The lowest BCUT2D eigenvalue weighted by molar-refractivity contribution is -0.139. The second kappa shape index (κ2) is 7.05. The summed E-state index contributed by atoms with van der Waals surface area (Å²) in [5.41, 5.74) is 2.61. The minimum absolute atomic E-state index is 0.0297. The molecule has 0 saturated heterocycles. The molecular weight excluding hydrogens is 348 g/mol. The first-order valence-corrected chi connectivity index (χ1v) is 9.38. The van der Waals surface area contributed by atoms with Crippen LogP contribution in [0.1, 0.15) is 41.9 Å². The molecule has 9 nitrogen and oxygen atoms in total. The van der Waals surface area contributed by atoms with Crippen molar-refractivity contribution in [3.63, 3.8) is 0 Å². The lowest BCUT2D eigenvalue weighted by atomic mass is 9.84. The van der Waals surface area contributed by atoms with E-state index < -0.39 is 0 Å². The molecular formula is C18H24N6O3. The average molecular weight is 372 g/mol. The van der Waals surface area contributed by atoms with Gasteiger partial charge in [-0.3, -0.25) is 24.2 Å². The first kappa shape index (κ1) is 17.6. The van der Waals surface area contributed by atoms with E-state index in [9.17, 15) is 14.4 Å². The van der Waals surface area contributed by atoms with Gasteiger partial charge in [0.1, 0.15) is 0 Å². The van der Waals surface area contributed by atoms with Crippen LogP contribution in [0.25, 0.3) is 0 Å². The zero-order valence-electron chi connectivity index (χ0n) is 15.4. The van der Waals surface area contributed by atoms with Gasteiger partial charge < -0.3 is 15.3 Å². The molecule has 0 aromatic carbocycles. The Kier molecular flexibility index (Phi) is 4.59. The van der Waals surface area contributed by atoms with Crippen LogP contribution in [0.2, 0.25) is 0 Å². The predicted molar refractivity (Wildman–Crippen MR) is 96.7 cm³/mol. The van der Waals surface area contributed by atoms with Crippen LogP contribution >= 0.6 is 0 Å². The van der Waals surface area contributed by atoms with Crippen LogP contribution in [0.5, 0.6) is 0 Å². The summed E-state index contributed by atoms with van der Waals surface area (Å²) in [5, 5.41) is 12.5. The molecule has 1 aliphatic heterocycles. The fraction of sp³-hybridized carbons (Fsp3) is 0.556. The first-order chi connectivity index (χ1) is 13.0. The van der Waals surface area contributed by atoms with Gasteiger partial charge in [0.05, 0.1) is 37.4 Å². The number of aromatic nitrogens is 4. The van der Waals surface area contributed by atoms with Gasteiger partial charge in [0.15, 0.2) is 0 Å². The van der Waals surface area contributed by atoms with Crippen molar-refractivity contribution in [1.82, 2.24) is 30.2 Å². The smallest absolute Gasteiger partial charge is 0.267 e. The van der Waals surface area contributed by atoms with E-state index in [-0.39, 0.29) is 29.7 Å². The third kappa shape index (κ3) is 3.54. The summed E-state index contributed by atoms with van der Waals surface area (Å²) in [4.78, 5) is 38.1. The number of nitrogens with zero attached hydrogens (tertiary/aromatic N) is 3. The quantitative estimate of drug-likeness (QED) is 0.696. The largest absolute Gasteiger partial charge is 0.350 e. The van der Waals surface area contributed by atoms with Crippen LogP contribution in [0.4, 0.5) is 0 Å². The van der Waals surface area contributed by atoms with Crippen LogP contribution in [0, 0.1) is 12.8 Å². The van der Waals surface area contributed by atoms with Crippen LogP contribution in [-0.2, 0) is 35.6 Å². The van der Waals surface area contributed by atoms with Gasteiger partial charge in [0.25, 0.3) is 5.56 Å². The Hall–Kier alpha value is -2.84. The van der Waals surface area contributed by atoms with Crippen LogP contribution in [-0.4, -0.2) is 43.2 Å². The number of carbonyl (C=O) groups is 2. The van der Waals surface area contributed by atoms with Gasteiger partial charge in [-0.05, 0) is 25.8 Å². The molecule has 9 heteroatoms. The number of aryl methyl sites for hydroxylation is 1. The van der Waals surface area contributed by atoms with Crippen LogP contribution < -0.4 is 10.9 Å². The highest BCUT2D eigenvalue weighted by Gasteiger charge is 2.31. The van der Waals surface area contributed by atoms with E-state index in [1.165, 1.54) is 0 Å². The summed E-state index contributed by atoms with van der Waals surface area (Å²) in [7, 11) is 0. The predicted octanol–water partition coefficient (Wildman–Crippen LogP) is 0.209. The number of nitrogens with one attached hydrogen (secondary N) is 3. The molecule has 2 aliphatic rings. The van der Waals surface area contributed by atoms with Gasteiger partial charge >= 0.3 is 0 Å². The van der Waals surface area contributed by atoms with E-state index in [0.29, 0.717) is 37.4 Å². The second-order valence-electron chi connectivity index (χ2n) is 7.37. The van der Waals surface area contributed by atoms with Gasteiger partial charge in [-0.15, -0.1) is 0 Å². The molecule has 2 aromatic heterocycles. The fourth-order valence-electron chi connectivity index (χ4n) is 3.61. The zero-order valence-corrected chi connectivity index (χ0v) is 15.4. The molecule has 0 unspecified atom stereocenters. The Bertz CT molecular complexity index is 920. The molecule has 3 heterocycles. The molecule has 2 aromatic rings. The molecule has 0 bridgehead atoms. The number of carbonyl (C=O) groups excluding carboxylic acids is 2. The molecule has 3 N–H and O–H groups in total. The first-order valence-electron chi connectivity index (χ1n) is 9.38. The van der Waals surface area contributed by atoms with Crippen LogP contribution in [0.15, 0.2) is 10.9 Å². The van der Waals surface area contributed by atoms with Crippen molar-refractivity contribution < 1.29 is 9.59 Å². The van der Waals surface area contributed by atoms with Crippen molar-refractivity contribution in [2.75, 3.05) is 6.54 Å². The highest BCUT2D eigenvalue weighted by Crippen LogP contribution is 2.29. The van der Waals surface area contributed by atoms with Gasteiger partial charge in [-0.1, -0.05) is 6.42 Å². The summed E-state index contributed by atoms with van der Waals surface area (Å²) in [6, 6.07) is 1.94. The number of rotatable bonds is 5.